The zero-order valence-corrected chi connectivity index (χ0v) is 21.0. The highest BCUT2D eigenvalue weighted by molar-refractivity contribution is 7.92. The lowest BCUT2D eigenvalue weighted by Crippen LogP contribution is -2.32. The molecule has 1 saturated heterocycles. The molecule has 4 rings (SSSR count). The topological polar surface area (TPSA) is 114 Å². The van der Waals surface area contributed by atoms with Crippen molar-refractivity contribution in [2.24, 2.45) is 0 Å². The molecule has 0 spiro atoms. The minimum Gasteiger partial charge on any atom is -0.376 e. The van der Waals surface area contributed by atoms with E-state index < -0.39 is 15.9 Å². The van der Waals surface area contributed by atoms with Crippen molar-refractivity contribution in [2.75, 3.05) is 23.2 Å². The van der Waals surface area contributed by atoms with Gasteiger partial charge >= 0.3 is 0 Å². The maximum atomic E-state index is 13.0. The third-order valence-corrected chi connectivity index (χ3v) is 7.38. The number of anilines is 2. The Morgan fingerprint density at radius 3 is 2.39 bits per heavy atom. The van der Waals surface area contributed by atoms with E-state index in [1.165, 1.54) is 6.07 Å². The number of rotatable bonds is 8. The normalized spacial score (nSPS) is 15.3. The summed E-state index contributed by atoms with van der Waals surface area (Å²) in [6.45, 7) is 4.73. The third kappa shape index (κ3) is 6.10. The molecule has 2 amide bonds. The van der Waals surface area contributed by atoms with Crippen molar-refractivity contribution in [1.29, 1.82) is 0 Å². The Morgan fingerprint density at radius 2 is 1.69 bits per heavy atom. The highest BCUT2D eigenvalue weighted by atomic mass is 32.2. The van der Waals surface area contributed by atoms with E-state index in [0.29, 0.717) is 41.2 Å². The van der Waals surface area contributed by atoms with Gasteiger partial charge in [-0.05, 0) is 74.7 Å². The van der Waals surface area contributed by atoms with E-state index in [-0.39, 0.29) is 16.9 Å². The average Bonchev–Trinajstić information content (AvgIpc) is 3.38. The molecule has 3 aromatic carbocycles. The van der Waals surface area contributed by atoms with Gasteiger partial charge in [0.2, 0.25) is 0 Å². The minimum atomic E-state index is -3.77. The summed E-state index contributed by atoms with van der Waals surface area (Å²) in [6.07, 6.45) is 1.91. The zero-order valence-electron chi connectivity index (χ0n) is 20.2. The summed E-state index contributed by atoms with van der Waals surface area (Å²) >= 11 is 0. The maximum absolute atomic E-state index is 13.0. The number of carbonyl (C=O) groups is 2. The molecular formula is C27H29N3O5S. The smallest absolute Gasteiger partial charge is 0.261 e. The second kappa shape index (κ2) is 10.9. The van der Waals surface area contributed by atoms with Crippen LogP contribution in [0.2, 0.25) is 0 Å². The second-order valence-corrected chi connectivity index (χ2v) is 10.5. The van der Waals surface area contributed by atoms with Gasteiger partial charge in [-0.15, -0.1) is 0 Å². The SMILES string of the molecule is Cc1ccc(S(=O)(=O)Nc2ccc(C(=O)Nc3ccccc3C(=O)NC[C@H]3CCCO3)cc2C)cc1. The third-order valence-electron chi connectivity index (χ3n) is 6.00. The van der Waals surface area contributed by atoms with Crippen molar-refractivity contribution in [3.8, 4) is 0 Å². The Kier molecular flexibility index (Phi) is 7.71. The summed E-state index contributed by atoms with van der Waals surface area (Å²) in [4.78, 5) is 25.8. The number of hydrogen-bond acceptors (Lipinski definition) is 5. The summed E-state index contributed by atoms with van der Waals surface area (Å²) < 4.78 is 33.6. The van der Waals surface area contributed by atoms with E-state index in [4.69, 9.17) is 4.74 Å². The molecule has 0 saturated carbocycles. The molecule has 1 heterocycles. The predicted molar refractivity (Wildman–Crippen MR) is 139 cm³/mol. The molecule has 0 aromatic heterocycles. The van der Waals surface area contributed by atoms with Gasteiger partial charge in [-0.25, -0.2) is 8.42 Å². The fourth-order valence-electron chi connectivity index (χ4n) is 3.93. The van der Waals surface area contributed by atoms with Gasteiger partial charge in [0.05, 0.1) is 27.9 Å². The lowest BCUT2D eigenvalue weighted by molar-refractivity contribution is 0.0858. The van der Waals surface area contributed by atoms with E-state index >= 15 is 0 Å². The molecule has 1 aliphatic rings. The van der Waals surface area contributed by atoms with Crippen LogP contribution in [0.3, 0.4) is 0 Å². The van der Waals surface area contributed by atoms with Crippen LogP contribution in [0.1, 0.15) is 44.7 Å². The first-order valence-corrected chi connectivity index (χ1v) is 13.2. The number of nitrogens with one attached hydrogen (secondary N) is 3. The summed E-state index contributed by atoms with van der Waals surface area (Å²) in [5.74, 6) is -0.705. The highest BCUT2D eigenvalue weighted by Gasteiger charge is 2.20. The number of ether oxygens (including phenoxy) is 1. The molecule has 0 aliphatic carbocycles. The number of aryl methyl sites for hydroxylation is 2. The molecule has 9 heteroatoms. The molecule has 3 N–H and O–H groups in total. The summed E-state index contributed by atoms with van der Waals surface area (Å²) in [6, 6.07) is 18.0. The van der Waals surface area contributed by atoms with Gasteiger partial charge in [-0.2, -0.15) is 0 Å². The molecule has 1 fully saturated rings. The fraction of sp³-hybridized carbons (Fsp3) is 0.259. The van der Waals surface area contributed by atoms with Crippen LogP contribution in [-0.4, -0.2) is 39.5 Å². The van der Waals surface area contributed by atoms with E-state index in [0.717, 1.165) is 18.4 Å². The molecule has 1 aliphatic heterocycles. The lowest BCUT2D eigenvalue weighted by Gasteiger charge is -2.15. The molecule has 0 radical (unpaired) electrons. The Labute approximate surface area is 211 Å². The van der Waals surface area contributed by atoms with Crippen LogP contribution < -0.4 is 15.4 Å². The monoisotopic (exact) mass is 507 g/mol. The van der Waals surface area contributed by atoms with Crippen LogP contribution in [0.5, 0.6) is 0 Å². The number of para-hydroxylation sites is 1. The average molecular weight is 508 g/mol. The molecule has 8 nitrogen and oxygen atoms in total. The predicted octanol–water partition coefficient (Wildman–Crippen LogP) is 4.27. The largest absolute Gasteiger partial charge is 0.376 e. The summed E-state index contributed by atoms with van der Waals surface area (Å²) in [5, 5.41) is 5.66. The number of sulfonamides is 1. The molecule has 36 heavy (non-hydrogen) atoms. The van der Waals surface area contributed by atoms with Gasteiger partial charge in [0, 0.05) is 18.7 Å². The number of carbonyl (C=O) groups excluding carboxylic acids is 2. The molecule has 188 valence electrons. The van der Waals surface area contributed by atoms with Crippen molar-refractivity contribution >= 4 is 33.2 Å². The van der Waals surface area contributed by atoms with Crippen LogP contribution in [0, 0.1) is 13.8 Å². The van der Waals surface area contributed by atoms with Gasteiger partial charge in [0.25, 0.3) is 21.8 Å². The maximum Gasteiger partial charge on any atom is 0.261 e. The quantitative estimate of drug-likeness (QED) is 0.422. The Morgan fingerprint density at radius 1 is 0.944 bits per heavy atom. The molecular weight excluding hydrogens is 478 g/mol. The second-order valence-electron chi connectivity index (χ2n) is 8.79. The Hall–Kier alpha value is -3.69. The zero-order chi connectivity index (χ0) is 25.7. The van der Waals surface area contributed by atoms with E-state index in [2.05, 4.69) is 15.4 Å². The van der Waals surface area contributed by atoms with Gasteiger partial charge < -0.3 is 15.4 Å². The Balaban J connectivity index is 1.45. The molecule has 0 unspecified atom stereocenters. The number of amides is 2. The van der Waals surface area contributed by atoms with Crippen LogP contribution in [0.4, 0.5) is 11.4 Å². The van der Waals surface area contributed by atoms with E-state index in [9.17, 15) is 18.0 Å². The van der Waals surface area contributed by atoms with E-state index in [1.807, 2.05) is 6.92 Å². The molecule has 1 atom stereocenters. The molecule has 3 aromatic rings. The number of hydrogen-bond donors (Lipinski definition) is 3. The van der Waals surface area contributed by atoms with Crippen molar-refractivity contribution < 1.29 is 22.7 Å². The first kappa shape index (κ1) is 25.4. The van der Waals surface area contributed by atoms with Gasteiger partial charge in [-0.3, -0.25) is 14.3 Å². The van der Waals surface area contributed by atoms with Crippen molar-refractivity contribution in [3.05, 3.63) is 89.0 Å². The minimum absolute atomic E-state index is 0.0145. The standard InChI is InChI=1S/C27H29N3O5S/c1-18-9-12-22(13-10-18)36(33,34)30-24-14-11-20(16-19(24)2)26(31)29-25-8-4-3-7-23(25)27(32)28-17-21-6-5-15-35-21/h3-4,7-14,16,21,30H,5-6,15,17H2,1-2H3,(H,28,32)(H,29,31)/t21-/m1/s1. The van der Waals surface area contributed by atoms with Crippen LogP contribution in [0.25, 0.3) is 0 Å². The first-order valence-electron chi connectivity index (χ1n) is 11.7. The van der Waals surface area contributed by atoms with Gasteiger partial charge in [0.15, 0.2) is 0 Å². The van der Waals surface area contributed by atoms with E-state index in [1.54, 1.807) is 67.6 Å². The fourth-order valence-corrected chi connectivity index (χ4v) is 5.06. The Bertz CT molecular complexity index is 1360. The van der Waals surface area contributed by atoms with Gasteiger partial charge in [0.1, 0.15) is 0 Å². The first-order chi connectivity index (χ1) is 17.2. The highest BCUT2D eigenvalue weighted by Crippen LogP contribution is 2.23. The van der Waals surface area contributed by atoms with Crippen LogP contribution in [-0.2, 0) is 14.8 Å². The van der Waals surface area contributed by atoms with Crippen molar-refractivity contribution in [1.82, 2.24) is 5.32 Å². The van der Waals surface area contributed by atoms with Gasteiger partial charge in [-0.1, -0.05) is 29.8 Å². The summed E-state index contributed by atoms with van der Waals surface area (Å²) in [7, 11) is -3.77. The van der Waals surface area contributed by atoms with Crippen LogP contribution in [0.15, 0.2) is 71.6 Å². The number of benzene rings is 3. The van der Waals surface area contributed by atoms with Crippen LogP contribution >= 0.6 is 0 Å². The lowest BCUT2D eigenvalue weighted by atomic mass is 10.1. The van der Waals surface area contributed by atoms with Crippen molar-refractivity contribution in [2.45, 2.75) is 37.7 Å². The molecule has 0 bridgehead atoms. The van der Waals surface area contributed by atoms with Crippen molar-refractivity contribution in [3.63, 3.8) is 0 Å². The summed E-state index contributed by atoms with van der Waals surface area (Å²) in [5.41, 5.74) is 2.99.